The van der Waals surface area contributed by atoms with Crippen LogP contribution in [0.1, 0.15) is 35.7 Å². The average molecular weight is 441 g/mol. The number of carbonyl (C=O) groups excluding carboxylic acids is 3. The number of nitro groups is 1. The molecule has 0 spiro atoms. The molecule has 0 radical (unpaired) electrons. The van der Waals surface area contributed by atoms with E-state index in [9.17, 15) is 24.5 Å². The molecule has 0 aromatic heterocycles. The molecule has 10 heteroatoms. The van der Waals surface area contributed by atoms with E-state index in [-0.39, 0.29) is 28.6 Å². The van der Waals surface area contributed by atoms with Crippen LogP contribution in [0.5, 0.6) is 5.75 Å². The molecule has 168 valence electrons. The SMILES string of the molecule is COc1ccc(NC(=O)C(C)OC(=O)c2cccc(CN3CCCC3=O)c2)c([N+](=O)[O-])c1. The van der Waals surface area contributed by atoms with Crippen LogP contribution in [0.2, 0.25) is 0 Å². The zero-order valence-corrected chi connectivity index (χ0v) is 17.7. The molecule has 1 atom stereocenters. The molecule has 1 unspecified atom stereocenters. The van der Waals surface area contributed by atoms with Crippen molar-refractivity contribution in [2.75, 3.05) is 19.0 Å². The van der Waals surface area contributed by atoms with Gasteiger partial charge in [0.1, 0.15) is 11.4 Å². The van der Waals surface area contributed by atoms with Crippen LogP contribution in [-0.2, 0) is 20.9 Å². The van der Waals surface area contributed by atoms with Gasteiger partial charge in [0.25, 0.3) is 11.6 Å². The Labute approximate surface area is 184 Å². The Morgan fingerprint density at radius 2 is 2.03 bits per heavy atom. The summed E-state index contributed by atoms with van der Waals surface area (Å²) in [6, 6.07) is 10.6. The molecule has 1 saturated heterocycles. The fourth-order valence-electron chi connectivity index (χ4n) is 3.30. The number of hydrogen-bond acceptors (Lipinski definition) is 7. The summed E-state index contributed by atoms with van der Waals surface area (Å²) in [5, 5.41) is 13.7. The predicted octanol–water partition coefficient (Wildman–Crippen LogP) is 2.91. The van der Waals surface area contributed by atoms with Crippen molar-refractivity contribution in [3.05, 3.63) is 63.7 Å². The summed E-state index contributed by atoms with van der Waals surface area (Å²) in [6.45, 7) is 2.45. The molecular weight excluding hydrogens is 418 g/mol. The van der Waals surface area contributed by atoms with Crippen molar-refractivity contribution in [3.63, 3.8) is 0 Å². The van der Waals surface area contributed by atoms with Crippen LogP contribution in [-0.4, -0.2) is 47.4 Å². The van der Waals surface area contributed by atoms with Crippen molar-refractivity contribution in [1.82, 2.24) is 4.90 Å². The van der Waals surface area contributed by atoms with Crippen LogP contribution in [0.25, 0.3) is 0 Å². The number of esters is 1. The minimum Gasteiger partial charge on any atom is -0.496 e. The van der Waals surface area contributed by atoms with Crippen LogP contribution in [0.15, 0.2) is 42.5 Å². The molecule has 32 heavy (non-hydrogen) atoms. The second kappa shape index (κ2) is 9.90. The highest BCUT2D eigenvalue weighted by atomic mass is 16.6. The van der Waals surface area contributed by atoms with Gasteiger partial charge in [0.15, 0.2) is 6.10 Å². The first-order valence-electron chi connectivity index (χ1n) is 9.99. The Morgan fingerprint density at radius 3 is 2.69 bits per heavy atom. The number of hydrogen-bond donors (Lipinski definition) is 1. The number of amides is 2. The molecule has 0 aliphatic carbocycles. The lowest BCUT2D eigenvalue weighted by Gasteiger charge is -2.16. The van der Waals surface area contributed by atoms with Gasteiger partial charge in [-0.25, -0.2) is 4.79 Å². The minimum absolute atomic E-state index is 0.0408. The maximum Gasteiger partial charge on any atom is 0.338 e. The first-order valence-corrected chi connectivity index (χ1v) is 9.99. The Morgan fingerprint density at radius 1 is 1.25 bits per heavy atom. The average Bonchev–Trinajstić information content (AvgIpc) is 3.18. The molecule has 1 N–H and O–H groups in total. The third-order valence-electron chi connectivity index (χ3n) is 5.02. The van der Waals surface area contributed by atoms with E-state index in [1.54, 1.807) is 29.2 Å². The molecule has 2 aromatic rings. The predicted molar refractivity (Wildman–Crippen MR) is 114 cm³/mol. The smallest absolute Gasteiger partial charge is 0.338 e. The maximum absolute atomic E-state index is 12.5. The highest BCUT2D eigenvalue weighted by molar-refractivity contribution is 5.98. The van der Waals surface area contributed by atoms with Crippen molar-refractivity contribution in [2.24, 2.45) is 0 Å². The second-order valence-corrected chi connectivity index (χ2v) is 7.30. The van der Waals surface area contributed by atoms with E-state index in [0.717, 1.165) is 12.0 Å². The van der Waals surface area contributed by atoms with Gasteiger partial charge >= 0.3 is 5.97 Å². The Kier molecular flexibility index (Phi) is 7.04. The van der Waals surface area contributed by atoms with Crippen LogP contribution in [0.4, 0.5) is 11.4 Å². The second-order valence-electron chi connectivity index (χ2n) is 7.30. The largest absolute Gasteiger partial charge is 0.496 e. The third-order valence-corrected chi connectivity index (χ3v) is 5.02. The fraction of sp³-hybridized carbons (Fsp3) is 0.318. The highest BCUT2D eigenvalue weighted by Gasteiger charge is 2.24. The van der Waals surface area contributed by atoms with Crippen LogP contribution in [0.3, 0.4) is 0 Å². The number of carbonyl (C=O) groups is 3. The summed E-state index contributed by atoms with van der Waals surface area (Å²) in [4.78, 5) is 49.1. The van der Waals surface area contributed by atoms with Gasteiger partial charge in [-0.1, -0.05) is 12.1 Å². The van der Waals surface area contributed by atoms with Crippen molar-refractivity contribution in [2.45, 2.75) is 32.4 Å². The lowest BCUT2D eigenvalue weighted by Crippen LogP contribution is -2.30. The van der Waals surface area contributed by atoms with E-state index in [2.05, 4.69) is 5.32 Å². The fourth-order valence-corrected chi connectivity index (χ4v) is 3.30. The van der Waals surface area contributed by atoms with Gasteiger partial charge in [0, 0.05) is 19.5 Å². The van der Waals surface area contributed by atoms with Crippen molar-refractivity contribution < 1.29 is 28.8 Å². The topological polar surface area (TPSA) is 128 Å². The first kappa shape index (κ1) is 22.7. The molecule has 2 aromatic carbocycles. The number of nitrogens with one attached hydrogen (secondary N) is 1. The molecule has 1 fully saturated rings. The van der Waals surface area contributed by atoms with Crippen LogP contribution >= 0.6 is 0 Å². The van der Waals surface area contributed by atoms with Gasteiger partial charge in [-0.2, -0.15) is 0 Å². The molecular formula is C22H23N3O7. The van der Waals surface area contributed by atoms with Gasteiger partial charge in [0.05, 0.1) is 23.7 Å². The third kappa shape index (κ3) is 5.39. The Balaban J connectivity index is 1.64. The Bertz CT molecular complexity index is 1050. The van der Waals surface area contributed by atoms with Crippen molar-refractivity contribution in [1.29, 1.82) is 0 Å². The normalized spacial score (nSPS) is 14.1. The minimum atomic E-state index is -1.20. The Hall–Kier alpha value is -3.95. The monoisotopic (exact) mass is 441 g/mol. The number of nitrogens with zero attached hydrogens (tertiary/aromatic N) is 2. The van der Waals surface area contributed by atoms with E-state index >= 15 is 0 Å². The number of nitro benzene ring substituents is 1. The standard InChI is InChI=1S/C22H23N3O7/c1-14(21(27)23-18-9-8-17(31-2)12-19(18)25(29)30)32-22(28)16-6-3-5-15(11-16)13-24-10-4-7-20(24)26/h3,5-6,8-9,11-12,14H,4,7,10,13H2,1-2H3,(H,23,27). The molecule has 10 nitrogen and oxygen atoms in total. The zero-order valence-electron chi connectivity index (χ0n) is 17.7. The van der Waals surface area contributed by atoms with E-state index < -0.39 is 22.9 Å². The molecule has 1 heterocycles. The van der Waals surface area contributed by atoms with Gasteiger partial charge in [-0.15, -0.1) is 0 Å². The van der Waals surface area contributed by atoms with Crippen LogP contribution in [0, 0.1) is 10.1 Å². The summed E-state index contributed by atoms with van der Waals surface area (Å²) < 4.78 is 10.2. The lowest BCUT2D eigenvalue weighted by molar-refractivity contribution is -0.384. The first-order chi connectivity index (χ1) is 15.3. The lowest BCUT2D eigenvalue weighted by atomic mass is 10.1. The maximum atomic E-state index is 12.5. The summed E-state index contributed by atoms with van der Waals surface area (Å²) in [6.07, 6.45) is 0.147. The van der Waals surface area contributed by atoms with Crippen molar-refractivity contribution >= 4 is 29.2 Å². The van der Waals surface area contributed by atoms with E-state index in [4.69, 9.17) is 9.47 Å². The highest BCUT2D eigenvalue weighted by Crippen LogP contribution is 2.29. The molecule has 1 aliphatic heterocycles. The molecule has 0 bridgehead atoms. The molecule has 3 rings (SSSR count). The van der Waals surface area contributed by atoms with Gasteiger partial charge in [-0.05, 0) is 43.2 Å². The molecule has 2 amide bonds. The zero-order chi connectivity index (χ0) is 23.3. The number of rotatable bonds is 8. The van der Waals surface area contributed by atoms with Gasteiger partial charge in [0.2, 0.25) is 5.91 Å². The van der Waals surface area contributed by atoms with E-state index in [1.165, 1.54) is 32.2 Å². The summed E-state index contributed by atoms with van der Waals surface area (Å²) in [5.74, 6) is -1.09. The molecule has 1 aliphatic rings. The number of ether oxygens (including phenoxy) is 2. The number of benzene rings is 2. The summed E-state index contributed by atoms with van der Waals surface area (Å²) in [5.41, 5.74) is 0.631. The quantitative estimate of drug-likeness (QED) is 0.379. The van der Waals surface area contributed by atoms with Gasteiger partial charge < -0.3 is 19.7 Å². The summed E-state index contributed by atoms with van der Waals surface area (Å²) in [7, 11) is 1.37. The number of methoxy groups -OCH3 is 1. The van der Waals surface area contributed by atoms with Gasteiger partial charge in [-0.3, -0.25) is 19.7 Å². The molecule has 0 saturated carbocycles. The van der Waals surface area contributed by atoms with E-state index in [1.807, 2.05) is 0 Å². The number of anilines is 1. The van der Waals surface area contributed by atoms with E-state index in [0.29, 0.717) is 19.5 Å². The van der Waals surface area contributed by atoms with Crippen LogP contribution < -0.4 is 10.1 Å². The van der Waals surface area contributed by atoms with Crippen molar-refractivity contribution in [3.8, 4) is 5.75 Å². The summed E-state index contributed by atoms with van der Waals surface area (Å²) >= 11 is 0. The number of likely N-dealkylation sites (tertiary alicyclic amines) is 1.